The van der Waals surface area contributed by atoms with Crippen LogP contribution in [0, 0.1) is 11.8 Å². The first-order valence-corrected chi connectivity index (χ1v) is 6.56. The number of nitrogens with zero attached hydrogens (tertiary/aromatic N) is 1. The minimum absolute atomic E-state index is 0.0423. The van der Waals surface area contributed by atoms with Crippen molar-refractivity contribution in [2.24, 2.45) is 17.6 Å². The number of hydrogen-bond acceptors (Lipinski definition) is 3. The molecule has 0 aliphatic heterocycles. The fourth-order valence-corrected chi connectivity index (χ4v) is 1.64. The minimum atomic E-state index is -0.0423. The van der Waals surface area contributed by atoms with E-state index in [4.69, 9.17) is 5.73 Å². The lowest BCUT2D eigenvalue weighted by Crippen LogP contribution is -2.40. The van der Waals surface area contributed by atoms with Crippen molar-refractivity contribution < 1.29 is 4.79 Å². The smallest absolute Gasteiger partial charge is 0.224 e. The molecule has 3 N–H and O–H groups in total. The molecule has 0 saturated heterocycles. The quantitative estimate of drug-likeness (QED) is 0.670. The summed E-state index contributed by atoms with van der Waals surface area (Å²) in [5.41, 5.74) is 5.63. The molecule has 0 aliphatic carbocycles. The van der Waals surface area contributed by atoms with Gasteiger partial charge in [-0.15, -0.1) is 0 Å². The van der Waals surface area contributed by atoms with Crippen molar-refractivity contribution in [3.8, 4) is 0 Å². The average molecular weight is 243 g/mol. The highest BCUT2D eigenvalue weighted by molar-refractivity contribution is 5.78. The van der Waals surface area contributed by atoms with E-state index in [1.807, 2.05) is 0 Å². The van der Waals surface area contributed by atoms with Gasteiger partial charge in [0.25, 0.3) is 0 Å². The molecule has 0 saturated carbocycles. The van der Waals surface area contributed by atoms with Gasteiger partial charge in [0, 0.05) is 25.7 Å². The molecule has 0 rings (SSSR count). The van der Waals surface area contributed by atoms with E-state index in [9.17, 15) is 4.79 Å². The summed E-state index contributed by atoms with van der Waals surface area (Å²) >= 11 is 0. The molecule has 1 amide bonds. The van der Waals surface area contributed by atoms with Crippen molar-refractivity contribution in [1.82, 2.24) is 10.2 Å². The Kier molecular flexibility index (Phi) is 8.17. The van der Waals surface area contributed by atoms with Gasteiger partial charge in [-0.05, 0) is 33.2 Å². The molecule has 102 valence electrons. The number of nitrogens with one attached hydrogen (secondary N) is 1. The molecule has 0 heterocycles. The number of amides is 1. The van der Waals surface area contributed by atoms with E-state index in [0.29, 0.717) is 25.0 Å². The van der Waals surface area contributed by atoms with Crippen molar-refractivity contribution in [3.63, 3.8) is 0 Å². The maximum absolute atomic E-state index is 11.9. The van der Waals surface area contributed by atoms with Crippen LogP contribution < -0.4 is 11.1 Å². The monoisotopic (exact) mass is 243 g/mol. The van der Waals surface area contributed by atoms with Crippen LogP contribution >= 0.6 is 0 Å². The van der Waals surface area contributed by atoms with Crippen LogP contribution in [0.1, 0.15) is 34.1 Å². The molecule has 4 nitrogen and oxygen atoms in total. The third-order valence-electron chi connectivity index (χ3n) is 3.06. The predicted octanol–water partition coefficient (Wildman–Crippen LogP) is 1.06. The summed E-state index contributed by atoms with van der Waals surface area (Å²) in [5, 5.41) is 2.96. The fourth-order valence-electron chi connectivity index (χ4n) is 1.64. The molecule has 0 spiro atoms. The zero-order chi connectivity index (χ0) is 13.4. The zero-order valence-corrected chi connectivity index (χ0v) is 12.0. The fraction of sp³-hybridized carbons (Fsp3) is 0.923. The van der Waals surface area contributed by atoms with Crippen molar-refractivity contribution in [1.29, 1.82) is 0 Å². The first kappa shape index (κ1) is 16.4. The Bertz CT molecular complexity index is 217. The third kappa shape index (κ3) is 7.34. The van der Waals surface area contributed by atoms with Crippen LogP contribution in [0.4, 0.5) is 0 Å². The van der Waals surface area contributed by atoms with Gasteiger partial charge in [-0.2, -0.15) is 0 Å². The maximum Gasteiger partial charge on any atom is 0.224 e. The summed E-state index contributed by atoms with van der Waals surface area (Å²) in [5.74, 6) is 0.561. The first-order valence-electron chi connectivity index (χ1n) is 6.56. The van der Waals surface area contributed by atoms with Crippen LogP contribution in [0.15, 0.2) is 0 Å². The summed E-state index contributed by atoms with van der Waals surface area (Å²) < 4.78 is 0. The Morgan fingerprint density at radius 2 is 1.88 bits per heavy atom. The normalized spacial score (nSPS) is 13.5. The van der Waals surface area contributed by atoms with Gasteiger partial charge in [0.05, 0.1) is 5.92 Å². The van der Waals surface area contributed by atoms with Crippen LogP contribution in [0.5, 0.6) is 0 Å². The Morgan fingerprint density at radius 1 is 1.29 bits per heavy atom. The van der Waals surface area contributed by atoms with Crippen LogP contribution in [-0.4, -0.2) is 43.5 Å². The molecule has 1 unspecified atom stereocenters. The number of hydrogen-bond donors (Lipinski definition) is 2. The SMILES string of the molecule is CC(C)CC(CN)C(=O)NCCN(C)C(C)C. The summed E-state index contributed by atoms with van der Waals surface area (Å²) in [6.45, 7) is 10.5. The van der Waals surface area contributed by atoms with Crippen LogP contribution in [-0.2, 0) is 4.79 Å². The van der Waals surface area contributed by atoms with E-state index in [2.05, 4.69) is 45.0 Å². The highest BCUT2D eigenvalue weighted by Crippen LogP contribution is 2.10. The van der Waals surface area contributed by atoms with Gasteiger partial charge in [0.15, 0.2) is 0 Å². The van der Waals surface area contributed by atoms with E-state index < -0.39 is 0 Å². The molecule has 0 aromatic rings. The molecule has 0 radical (unpaired) electrons. The zero-order valence-electron chi connectivity index (χ0n) is 12.0. The molecule has 0 aromatic carbocycles. The number of carbonyl (C=O) groups is 1. The number of nitrogens with two attached hydrogens (primary N) is 1. The van der Waals surface area contributed by atoms with E-state index in [-0.39, 0.29) is 11.8 Å². The molecule has 17 heavy (non-hydrogen) atoms. The van der Waals surface area contributed by atoms with Crippen molar-refractivity contribution in [3.05, 3.63) is 0 Å². The Labute approximate surface area is 106 Å². The molecule has 0 aliphatic rings. The standard InChI is InChI=1S/C13H29N3O/c1-10(2)8-12(9-14)13(17)15-6-7-16(5)11(3)4/h10-12H,6-9,14H2,1-5H3,(H,15,17). The number of rotatable bonds is 8. The second kappa shape index (κ2) is 8.48. The van der Waals surface area contributed by atoms with Gasteiger partial charge in [-0.25, -0.2) is 0 Å². The summed E-state index contributed by atoms with van der Waals surface area (Å²) in [6.07, 6.45) is 0.863. The molecular formula is C13H29N3O. The van der Waals surface area contributed by atoms with Crippen molar-refractivity contribution in [2.75, 3.05) is 26.7 Å². The summed E-state index contributed by atoms with van der Waals surface area (Å²) in [4.78, 5) is 14.1. The van der Waals surface area contributed by atoms with Gasteiger partial charge < -0.3 is 16.0 Å². The molecule has 1 atom stereocenters. The van der Waals surface area contributed by atoms with Crippen LogP contribution in [0.3, 0.4) is 0 Å². The predicted molar refractivity (Wildman–Crippen MR) is 72.8 cm³/mol. The second-order valence-corrected chi connectivity index (χ2v) is 5.43. The summed E-state index contributed by atoms with van der Waals surface area (Å²) in [7, 11) is 2.06. The van der Waals surface area contributed by atoms with Gasteiger partial charge in [0.1, 0.15) is 0 Å². The van der Waals surface area contributed by atoms with Gasteiger partial charge in [-0.3, -0.25) is 4.79 Å². The van der Waals surface area contributed by atoms with Gasteiger partial charge >= 0.3 is 0 Å². The molecule has 4 heteroatoms. The highest BCUT2D eigenvalue weighted by Gasteiger charge is 2.17. The third-order valence-corrected chi connectivity index (χ3v) is 3.06. The summed E-state index contributed by atoms with van der Waals surface area (Å²) in [6, 6.07) is 0.507. The minimum Gasteiger partial charge on any atom is -0.355 e. The average Bonchev–Trinajstić information content (AvgIpc) is 2.24. The van der Waals surface area contributed by atoms with Gasteiger partial charge in [0.2, 0.25) is 5.91 Å². The lowest BCUT2D eigenvalue weighted by atomic mass is 9.96. The lowest BCUT2D eigenvalue weighted by molar-refractivity contribution is -0.125. The van der Waals surface area contributed by atoms with Crippen LogP contribution in [0.25, 0.3) is 0 Å². The Morgan fingerprint density at radius 3 is 2.29 bits per heavy atom. The topological polar surface area (TPSA) is 58.4 Å². The molecule has 0 bridgehead atoms. The first-order chi connectivity index (χ1) is 7.88. The largest absolute Gasteiger partial charge is 0.355 e. The van der Waals surface area contributed by atoms with E-state index in [0.717, 1.165) is 13.0 Å². The Hall–Kier alpha value is -0.610. The van der Waals surface area contributed by atoms with E-state index >= 15 is 0 Å². The molecular weight excluding hydrogens is 214 g/mol. The Balaban J connectivity index is 3.91. The van der Waals surface area contributed by atoms with Crippen LogP contribution in [0.2, 0.25) is 0 Å². The van der Waals surface area contributed by atoms with E-state index in [1.165, 1.54) is 0 Å². The lowest BCUT2D eigenvalue weighted by Gasteiger charge is -2.22. The molecule has 0 fully saturated rings. The number of carbonyl (C=O) groups excluding carboxylic acids is 1. The number of likely N-dealkylation sites (N-methyl/N-ethyl adjacent to an activating group) is 1. The van der Waals surface area contributed by atoms with Crippen molar-refractivity contribution in [2.45, 2.75) is 40.2 Å². The van der Waals surface area contributed by atoms with E-state index in [1.54, 1.807) is 0 Å². The maximum atomic E-state index is 11.9. The van der Waals surface area contributed by atoms with Gasteiger partial charge in [-0.1, -0.05) is 13.8 Å². The highest BCUT2D eigenvalue weighted by atomic mass is 16.1. The molecule has 0 aromatic heterocycles. The second-order valence-electron chi connectivity index (χ2n) is 5.43. The van der Waals surface area contributed by atoms with Crippen molar-refractivity contribution >= 4 is 5.91 Å².